The number of rotatable bonds is 7. The van der Waals surface area contributed by atoms with Crippen LogP contribution < -0.4 is 19.5 Å². The van der Waals surface area contributed by atoms with E-state index >= 15 is 0 Å². The van der Waals surface area contributed by atoms with E-state index in [1.165, 1.54) is 0 Å². The highest BCUT2D eigenvalue weighted by Crippen LogP contribution is 2.38. The Morgan fingerprint density at radius 3 is 2.36 bits per heavy atom. The van der Waals surface area contributed by atoms with Crippen molar-refractivity contribution in [3.63, 3.8) is 0 Å². The number of anilines is 1. The van der Waals surface area contributed by atoms with Gasteiger partial charge in [-0.3, -0.25) is 4.40 Å². The van der Waals surface area contributed by atoms with Crippen molar-refractivity contribution in [3.05, 3.63) is 47.8 Å². The number of imidazole rings is 1. The predicted molar refractivity (Wildman–Crippen MR) is 98.0 cm³/mol. The number of nitrogens with one attached hydrogen (secondary N) is 1. The van der Waals surface area contributed by atoms with Crippen molar-refractivity contribution in [2.24, 2.45) is 0 Å². The first-order chi connectivity index (χ1) is 12.2. The largest absolute Gasteiger partial charge is 0.493 e. The third-order valence-corrected chi connectivity index (χ3v) is 4.12. The maximum Gasteiger partial charge on any atom is 0.203 e. The Kier molecular flexibility index (Phi) is 4.97. The zero-order valence-electron chi connectivity index (χ0n) is 15.0. The SMILES string of the molecule is CCc1nc2ccccn2c1NCc1cc(OC)c(OC)c(OC)c1. The number of ether oxygens (including phenoxy) is 3. The van der Waals surface area contributed by atoms with Gasteiger partial charge in [0.15, 0.2) is 11.5 Å². The maximum absolute atomic E-state index is 5.42. The molecule has 0 radical (unpaired) electrons. The molecule has 0 saturated carbocycles. The second-order valence-electron chi connectivity index (χ2n) is 5.58. The molecule has 0 atom stereocenters. The average molecular weight is 341 g/mol. The number of fused-ring (bicyclic) bond motifs is 1. The fourth-order valence-corrected chi connectivity index (χ4v) is 2.90. The Morgan fingerprint density at radius 1 is 1.04 bits per heavy atom. The number of methoxy groups -OCH3 is 3. The van der Waals surface area contributed by atoms with Crippen LogP contribution in [0, 0.1) is 0 Å². The molecule has 25 heavy (non-hydrogen) atoms. The summed E-state index contributed by atoms with van der Waals surface area (Å²) in [6, 6.07) is 9.89. The number of aryl methyl sites for hydroxylation is 1. The number of nitrogens with zero attached hydrogens (tertiary/aromatic N) is 2. The molecular weight excluding hydrogens is 318 g/mol. The summed E-state index contributed by atoms with van der Waals surface area (Å²) in [4.78, 5) is 4.67. The summed E-state index contributed by atoms with van der Waals surface area (Å²) < 4.78 is 18.3. The van der Waals surface area contributed by atoms with Gasteiger partial charge in [0.2, 0.25) is 5.75 Å². The molecule has 3 aromatic rings. The summed E-state index contributed by atoms with van der Waals surface area (Å²) in [5, 5.41) is 3.49. The molecule has 6 nitrogen and oxygen atoms in total. The minimum absolute atomic E-state index is 0.595. The van der Waals surface area contributed by atoms with Gasteiger partial charge in [-0.25, -0.2) is 4.98 Å². The lowest BCUT2D eigenvalue weighted by atomic mass is 10.1. The normalized spacial score (nSPS) is 10.7. The van der Waals surface area contributed by atoms with Gasteiger partial charge in [0.25, 0.3) is 0 Å². The van der Waals surface area contributed by atoms with Crippen LogP contribution >= 0.6 is 0 Å². The van der Waals surface area contributed by atoms with E-state index in [1.54, 1.807) is 21.3 Å². The highest BCUT2D eigenvalue weighted by molar-refractivity contribution is 5.57. The van der Waals surface area contributed by atoms with Gasteiger partial charge < -0.3 is 19.5 Å². The molecule has 0 aliphatic carbocycles. The predicted octanol–water partition coefficient (Wildman–Crippen LogP) is 3.53. The van der Waals surface area contributed by atoms with Crippen LogP contribution in [0.5, 0.6) is 17.2 Å². The van der Waals surface area contributed by atoms with Crippen LogP contribution in [0.1, 0.15) is 18.2 Å². The van der Waals surface area contributed by atoms with E-state index in [4.69, 9.17) is 14.2 Å². The molecule has 132 valence electrons. The topological polar surface area (TPSA) is 57.0 Å². The molecule has 2 heterocycles. The van der Waals surface area contributed by atoms with E-state index in [0.29, 0.717) is 23.8 Å². The second kappa shape index (κ2) is 7.34. The van der Waals surface area contributed by atoms with E-state index in [-0.39, 0.29) is 0 Å². The minimum atomic E-state index is 0.595. The molecule has 6 heteroatoms. The molecule has 0 bridgehead atoms. The first-order valence-electron chi connectivity index (χ1n) is 8.20. The van der Waals surface area contributed by atoms with Gasteiger partial charge in [-0.1, -0.05) is 13.0 Å². The van der Waals surface area contributed by atoms with Gasteiger partial charge in [0, 0.05) is 12.7 Å². The highest BCUT2D eigenvalue weighted by atomic mass is 16.5. The molecule has 0 aliphatic rings. The van der Waals surface area contributed by atoms with Crippen LogP contribution in [0.15, 0.2) is 36.5 Å². The summed E-state index contributed by atoms with van der Waals surface area (Å²) >= 11 is 0. The zero-order chi connectivity index (χ0) is 17.8. The monoisotopic (exact) mass is 341 g/mol. The second-order valence-corrected chi connectivity index (χ2v) is 5.58. The van der Waals surface area contributed by atoms with Crippen LogP contribution in [0.2, 0.25) is 0 Å². The smallest absolute Gasteiger partial charge is 0.203 e. The molecule has 0 spiro atoms. The highest BCUT2D eigenvalue weighted by Gasteiger charge is 2.14. The summed E-state index contributed by atoms with van der Waals surface area (Å²) in [5.41, 5.74) is 3.01. The van der Waals surface area contributed by atoms with E-state index in [1.807, 2.05) is 36.5 Å². The van der Waals surface area contributed by atoms with Gasteiger partial charge in [0.05, 0.1) is 27.0 Å². The molecule has 1 N–H and O–H groups in total. The lowest BCUT2D eigenvalue weighted by molar-refractivity contribution is 0.324. The molecule has 0 amide bonds. The van der Waals surface area contributed by atoms with E-state index in [2.05, 4.69) is 21.6 Å². The summed E-state index contributed by atoms with van der Waals surface area (Å²) in [7, 11) is 4.84. The molecule has 3 rings (SSSR count). The van der Waals surface area contributed by atoms with Crippen molar-refractivity contribution in [2.45, 2.75) is 19.9 Å². The van der Waals surface area contributed by atoms with Crippen LogP contribution in [0.25, 0.3) is 5.65 Å². The third-order valence-electron chi connectivity index (χ3n) is 4.12. The Balaban J connectivity index is 1.92. The van der Waals surface area contributed by atoms with Crippen LogP contribution in [-0.2, 0) is 13.0 Å². The van der Waals surface area contributed by atoms with Crippen molar-refractivity contribution in [2.75, 3.05) is 26.6 Å². The lowest BCUT2D eigenvalue weighted by Crippen LogP contribution is -2.05. The molecule has 0 unspecified atom stereocenters. The fraction of sp³-hybridized carbons (Fsp3) is 0.316. The third kappa shape index (κ3) is 3.20. The van der Waals surface area contributed by atoms with Gasteiger partial charge in [-0.05, 0) is 36.2 Å². The van der Waals surface area contributed by atoms with E-state index in [0.717, 1.165) is 29.1 Å². The molecule has 0 aliphatic heterocycles. The first kappa shape index (κ1) is 17.0. The van der Waals surface area contributed by atoms with Gasteiger partial charge in [-0.15, -0.1) is 0 Å². The van der Waals surface area contributed by atoms with Gasteiger partial charge in [0.1, 0.15) is 11.5 Å². The maximum atomic E-state index is 5.42. The molecule has 2 aromatic heterocycles. The van der Waals surface area contributed by atoms with Crippen LogP contribution in [0.3, 0.4) is 0 Å². The quantitative estimate of drug-likeness (QED) is 0.712. The summed E-state index contributed by atoms with van der Waals surface area (Å²) in [6.45, 7) is 2.72. The number of hydrogen-bond acceptors (Lipinski definition) is 5. The number of aromatic nitrogens is 2. The fourth-order valence-electron chi connectivity index (χ4n) is 2.90. The molecule has 1 aromatic carbocycles. The van der Waals surface area contributed by atoms with E-state index in [9.17, 15) is 0 Å². The molecular formula is C19H23N3O3. The first-order valence-corrected chi connectivity index (χ1v) is 8.20. The molecule has 0 fully saturated rings. The standard InChI is InChI=1S/C19H23N3O3/c1-5-14-19(22-9-7-6-8-17(22)21-14)20-12-13-10-15(23-2)18(25-4)16(11-13)24-3/h6-11,20H,5,12H2,1-4H3. The van der Waals surface area contributed by atoms with Crippen LogP contribution in [-0.4, -0.2) is 30.7 Å². The van der Waals surface area contributed by atoms with E-state index < -0.39 is 0 Å². The molecule has 0 saturated heterocycles. The Morgan fingerprint density at radius 2 is 1.76 bits per heavy atom. The van der Waals surface area contributed by atoms with Crippen molar-refractivity contribution < 1.29 is 14.2 Å². The zero-order valence-corrected chi connectivity index (χ0v) is 15.0. The van der Waals surface area contributed by atoms with Gasteiger partial charge >= 0.3 is 0 Å². The Bertz CT molecular complexity index is 848. The van der Waals surface area contributed by atoms with Gasteiger partial charge in [-0.2, -0.15) is 0 Å². The number of benzene rings is 1. The number of hydrogen-bond donors (Lipinski definition) is 1. The van der Waals surface area contributed by atoms with Crippen molar-refractivity contribution in [3.8, 4) is 17.2 Å². The number of pyridine rings is 1. The summed E-state index contributed by atoms with van der Waals surface area (Å²) in [5.74, 6) is 2.89. The van der Waals surface area contributed by atoms with Crippen molar-refractivity contribution in [1.82, 2.24) is 9.38 Å². The summed E-state index contributed by atoms with van der Waals surface area (Å²) in [6.07, 6.45) is 2.87. The van der Waals surface area contributed by atoms with Crippen LogP contribution in [0.4, 0.5) is 5.82 Å². The Labute approximate surface area is 147 Å². The van der Waals surface area contributed by atoms with Crippen molar-refractivity contribution in [1.29, 1.82) is 0 Å². The average Bonchev–Trinajstić information content (AvgIpc) is 3.03. The lowest BCUT2D eigenvalue weighted by Gasteiger charge is -2.15. The minimum Gasteiger partial charge on any atom is -0.493 e. The Hall–Kier alpha value is -2.89. The van der Waals surface area contributed by atoms with Crippen molar-refractivity contribution >= 4 is 11.5 Å².